The lowest BCUT2D eigenvalue weighted by molar-refractivity contribution is 0.490. The molecule has 0 spiro atoms. The number of benzene rings is 1. The molecule has 0 aliphatic rings. The number of aryl methyl sites for hydroxylation is 1. The van der Waals surface area contributed by atoms with Crippen LogP contribution in [0.5, 0.6) is 0 Å². The molecule has 0 amide bonds. The van der Waals surface area contributed by atoms with Gasteiger partial charge >= 0.3 is 0 Å². The molecule has 2 rings (SSSR count). The highest BCUT2D eigenvalue weighted by Crippen LogP contribution is 2.23. The van der Waals surface area contributed by atoms with Crippen LogP contribution in [-0.4, -0.2) is 0 Å². The van der Waals surface area contributed by atoms with Crippen LogP contribution in [0.15, 0.2) is 40.8 Å². The second-order valence-corrected chi connectivity index (χ2v) is 5.18. The smallest absolute Gasteiger partial charge is 0.123 e. The first kappa shape index (κ1) is 13.2. The Hall–Kier alpha value is -2.21. The summed E-state index contributed by atoms with van der Waals surface area (Å²) in [6.45, 7) is 6.43. The number of nitriles is 1. The molecule has 1 aromatic heterocycles. The normalized spacial score (nSPS) is 11.1. The van der Waals surface area contributed by atoms with Gasteiger partial charge in [-0.15, -0.1) is 0 Å². The molecule has 1 aromatic carbocycles. The lowest BCUT2D eigenvalue weighted by Crippen LogP contribution is -2.13. The van der Waals surface area contributed by atoms with Gasteiger partial charge in [-0.1, -0.05) is 12.1 Å². The predicted octanol–water partition coefficient (Wildman–Crippen LogP) is 4.00. The molecular formula is C16H18N2O. The third-order valence-electron chi connectivity index (χ3n) is 3.15. The van der Waals surface area contributed by atoms with Crippen LogP contribution in [0.3, 0.4) is 0 Å². The third-order valence-corrected chi connectivity index (χ3v) is 3.15. The van der Waals surface area contributed by atoms with E-state index < -0.39 is 5.41 Å². The van der Waals surface area contributed by atoms with Gasteiger partial charge < -0.3 is 9.73 Å². The number of hydrogen-bond donors (Lipinski definition) is 1. The third kappa shape index (κ3) is 3.17. The van der Waals surface area contributed by atoms with Crippen molar-refractivity contribution in [1.82, 2.24) is 0 Å². The molecule has 3 nitrogen and oxygen atoms in total. The van der Waals surface area contributed by atoms with Crippen molar-refractivity contribution in [2.75, 3.05) is 5.32 Å². The van der Waals surface area contributed by atoms with E-state index in [9.17, 15) is 0 Å². The zero-order valence-electron chi connectivity index (χ0n) is 11.5. The molecule has 19 heavy (non-hydrogen) atoms. The quantitative estimate of drug-likeness (QED) is 0.897. The van der Waals surface area contributed by atoms with Crippen LogP contribution in [0.1, 0.15) is 30.9 Å². The van der Waals surface area contributed by atoms with E-state index in [0.29, 0.717) is 6.54 Å². The van der Waals surface area contributed by atoms with Crippen LogP contribution in [-0.2, 0) is 12.0 Å². The van der Waals surface area contributed by atoms with Crippen LogP contribution in [0, 0.1) is 18.3 Å². The molecule has 0 saturated heterocycles. The van der Waals surface area contributed by atoms with Gasteiger partial charge in [0.1, 0.15) is 11.5 Å². The fourth-order valence-corrected chi connectivity index (χ4v) is 1.84. The van der Waals surface area contributed by atoms with E-state index in [1.54, 1.807) is 0 Å². The summed E-state index contributed by atoms with van der Waals surface area (Å²) < 4.78 is 5.50. The summed E-state index contributed by atoms with van der Waals surface area (Å²) >= 11 is 0. The van der Waals surface area contributed by atoms with Crippen LogP contribution in [0.25, 0.3) is 0 Å². The average molecular weight is 254 g/mol. The van der Waals surface area contributed by atoms with Crippen molar-refractivity contribution in [3.05, 3.63) is 53.5 Å². The van der Waals surface area contributed by atoms with Gasteiger partial charge in [-0.25, -0.2) is 0 Å². The fourth-order valence-electron chi connectivity index (χ4n) is 1.84. The summed E-state index contributed by atoms with van der Waals surface area (Å²) in [5.74, 6) is 1.84. The summed E-state index contributed by atoms with van der Waals surface area (Å²) in [6, 6.07) is 14.2. The number of anilines is 1. The van der Waals surface area contributed by atoms with Crippen LogP contribution in [0.2, 0.25) is 0 Å². The van der Waals surface area contributed by atoms with E-state index in [1.807, 2.05) is 57.2 Å². The van der Waals surface area contributed by atoms with Gasteiger partial charge in [0.2, 0.25) is 0 Å². The van der Waals surface area contributed by atoms with Crippen molar-refractivity contribution in [2.45, 2.75) is 32.7 Å². The maximum Gasteiger partial charge on any atom is 0.123 e. The van der Waals surface area contributed by atoms with Gasteiger partial charge in [0.25, 0.3) is 0 Å². The van der Waals surface area contributed by atoms with E-state index >= 15 is 0 Å². The van der Waals surface area contributed by atoms with Gasteiger partial charge in [0, 0.05) is 5.69 Å². The number of rotatable bonds is 4. The highest BCUT2D eigenvalue weighted by Gasteiger charge is 2.18. The first-order valence-corrected chi connectivity index (χ1v) is 6.32. The lowest BCUT2D eigenvalue weighted by Gasteiger charge is -2.16. The number of nitrogens with one attached hydrogen (secondary N) is 1. The van der Waals surface area contributed by atoms with E-state index in [-0.39, 0.29) is 0 Å². The fraction of sp³-hybridized carbons (Fsp3) is 0.312. The van der Waals surface area contributed by atoms with Gasteiger partial charge in [-0.2, -0.15) is 5.26 Å². The van der Waals surface area contributed by atoms with Crippen molar-refractivity contribution in [1.29, 1.82) is 5.26 Å². The molecule has 0 aliphatic carbocycles. The summed E-state index contributed by atoms with van der Waals surface area (Å²) in [5, 5.41) is 12.4. The minimum Gasteiger partial charge on any atom is -0.465 e. The predicted molar refractivity (Wildman–Crippen MR) is 75.9 cm³/mol. The molecule has 1 N–H and O–H groups in total. The highest BCUT2D eigenvalue weighted by molar-refractivity contribution is 5.47. The van der Waals surface area contributed by atoms with Gasteiger partial charge in [0.05, 0.1) is 18.0 Å². The zero-order valence-corrected chi connectivity index (χ0v) is 11.5. The molecule has 0 atom stereocenters. The van der Waals surface area contributed by atoms with E-state index in [4.69, 9.17) is 9.68 Å². The maximum atomic E-state index is 9.09. The van der Waals surface area contributed by atoms with Crippen LogP contribution >= 0.6 is 0 Å². The van der Waals surface area contributed by atoms with Crippen molar-refractivity contribution in [3.8, 4) is 6.07 Å². The number of hydrogen-bond acceptors (Lipinski definition) is 3. The first-order chi connectivity index (χ1) is 9.01. The Bertz CT molecular complexity index is 588. The molecule has 3 heteroatoms. The minimum atomic E-state index is -0.448. The molecule has 0 aliphatic heterocycles. The first-order valence-electron chi connectivity index (χ1n) is 6.32. The highest BCUT2D eigenvalue weighted by atomic mass is 16.3. The van der Waals surface area contributed by atoms with E-state index in [0.717, 1.165) is 22.8 Å². The SMILES string of the molecule is Cc1ccc(CNc2ccc(C(C)(C)C#N)cc2)o1. The lowest BCUT2D eigenvalue weighted by atomic mass is 9.86. The van der Waals surface area contributed by atoms with Crippen molar-refractivity contribution >= 4 is 5.69 Å². The molecule has 0 bridgehead atoms. The van der Waals surface area contributed by atoms with Crippen molar-refractivity contribution in [2.24, 2.45) is 0 Å². The summed E-state index contributed by atoms with van der Waals surface area (Å²) in [5.41, 5.74) is 1.59. The van der Waals surface area contributed by atoms with Crippen molar-refractivity contribution in [3.63, 3.8) is 0 Å². The Morgan fingerprint density at radius 3 is 2.37 bits per heavy atom. The maximum absolute atomic E-state index is 9.09. The molecule has 1 heterocycles. The molecule has 2 aromatic rings. The molecule has 0 fully saturated rings. The Kier molecular flexibility index (Phi) is 3.62. The monoisotopic (exact) mass is 254 g/mol. The van der Waals surface area contributed by atoms with E-state index in [1.165, 1.54) is 0 Å². The summed E-state index contributed by atoms with van der Waals surface area (Å²) in [6.07, 6.45) is 0. The van der Waals surface area contributed by atoms with Gasteiger partial charge in [0.15, 0.2) is 0 Å². The standard InChI is InChI=1S/C16H18N2O/c1-12-4-9-15(19-12)10-18-14-7-5-13(6-8-14)16(2,3)11-17/h4-9,18H,10H2,1-3H3. The Morgan fingerprint density at radius 1 is 1.16 bits per heavy atom. The second kappa shape index (κ2) is 5.19. The molecule has 98 valence electrons. The van der Waals surface area contributed by atoms with Crippen LogP contribution in [0.4, 0.5) is 5.69 Å². The topological polar surface area (TPSA) is 49.0 Å². The largest absolute Gasteiger partial charge is 0.465 e. The molecule has 0 saturated carbocycles. The second-order valence-electron chi connectivity index (χ2n) is 5.18. The zero-order chi connectivity index (χ0) is 13.9. The minimum absolute atomic E-state index is 0.448. The van der Waals surface area contributed by atoms with Crippen LogP contribution < -0.4 is 5.32 Å². The molecule has 0 radical (unpaired) electrons. The van der Waals surface area contributed by atoms with Crippen molar-refractivity contribution < 1.29 is 4.42 Å². The summed E-state index contributed by atoms with van der Waals surface area (Å²) in [7, 11) is 0. The molecular weight excluding hydrogens is 236 g/mol. The van der Waals surface area contributed by atoms with Gasteiger partial charge in [-0.3, -0.25) is 0 Å². The Labute approximate surface area is 113 Å². The number of furan rings is 1. The Balaban J connectivity index is 2.02. The van der Waals surface area contributed by atoms with E-state index in [2.05, 4.69) is 11.4 Å². The average Bonchev–Trinajstić information content (AvgIpc) is 2.83. The molecule has 0 unspecified atom stereocenters. The Morgan fingerprint density at radius 2 is 1.84 bits per heavy atom. The van der Waals surface area contributed by atoms with Gasteiger partial charge in [-0.05, 0) is 50.6 Å². The number of nitrogens with zero attached hydrogens (tertiary/aromatic N) is 1. The summed E-state index contributed by atoms with van der Waals surface area (Å²) in [4.78, 5) is 0.